The molecule has 1 aromatic carbocycles. The first kappa shape index (κ1) is 17.6. The Morgan fingerprint density at radius 3 is 2.29 bits per heavy atom. The standard InChI is InChI=1S/C16H23FN2OS/c1-4-16(5-2,14(18)21)15(20)19-11(3)10-12-6-8-13(17)9-7-12/h6-9,11H,4-5,10H2,1-3H3,(H2,18,21)(H,19,20). The van der Waals surface area contributed by atoms with Gasteiger partial charge in [0.05, 0.1) is 10.4 Å². The highest BCUT2D eigenvalue weighted by Gasteiger charge is 2.38. The first-order chi connectivity index (χ1) is 9.85. The third-order valence-corrected chi connectivity index (χ3v) is 4.34. The van der Waals surface area contributed by atoms with Gasteiger partial charge in [0.15, 0.2) is 0 Å². The summed E-state index contributed by atoms with van der Waals surface area (Å²) in [7, 11) is 0. The third kappa shape index (κ3) is 4.24. The van der Waals surface area contributed by atoms with Crippen molar-refractivity contribution in [1.29, 1.82) is 0 Å². The van der Waals surface area contributed by atoms with Crippen LogP contribution in [0, 0.1) is 11.2 Å². The molecule has 1 atom stereocenters. The van der Waals surface area contributed by atoms with Crippen molar-refractivity contribution in [3.63, 3.8) is 0 Å². The molecule has 0 spiro atoms. The zero-order valence-electron chi connectivity index (χ0n) is 12.8. The van der Waals surface area contributed by atoms with Crippen molar-refractivity contribution in [1.82, 2.24) is 5.32 Å². The summed E-state index contributed by atoms with van der Waals surface area (Å²) >= 11 is 5.08. The number of amides is 1. The minimum atomic E-state index is -0.785. The molecule has 0 radical (unpaired) electrons. The van der Waals surface area contributed by atoms with Crippen LogP contribution in [-0.4, -0.2) is 16.9 Å². The second kappa shape index (κ2) is 7.50. The zero-order chi connectivity index (χ0) is 16.0. The van der Waals surface area contributed by atoms with E-state index in [1.807, 2.05) is 20.8 Å². The summed E-state index contributed by atoms with van der Waals surface area (Å²) < 4.78 is 12.9. The fourth-order valence-corrected chi connectivity index (χ4v) is 2.80. The molecular formula is C16H23FN2OS. The molecule has 0 aliphatic carbocycles. The Bertz CT molecular complexity index is 498. The zero-order valence-corrected chi connectivity index (χ0v) is 13.6. The molecule has 1 rings (SSSR count). The Labute approximate surface area is 131 Å². The average molecular weight is 310 g/mol. The summed E-state index contributed by atoms with van der Waals surface area (Å²) in [4.78, 5) is 12.7. The lowest BCUT2D eigenvalue weighted by Crippen LogP contribution is -2.50. The predicted octanol–water partition coefficient (Wildman–Crippen LogP) is 2.97. The van der Waals surface area contributed by atoms with E-state index in [1.54, 1.807) is 12.1 Å². The molecule has 0 fully saturated rings. The van der Waals surface area contributed by atoms with E-state index in [0.717, 1.165) is 5.56 Å². The van der Waals surface area contributed by atoms with Crippen LogP contribution in [0.4, 0.5) is 4.39 Å². The highest BCUT2D eigenvalue weighted by molar-refractivity contribution is 7.80. The molecule has 3 N–H and O–H groups in total. The molecule has 0 bridgehead atoms. The molecule has 3 nitrogen and oxygen atoms in total. The van der Waals surface area contributed by atoms with E-state index < -0.39 is 5.41 Å². The monoisotopic (exact) mass is 310 g/mol. The van der Waals surface area contributed by atoms with E-state index in [1.165, 1.54) is 12.1 Å². The summed E-state index contributed by atoms with van der Waals surface area (Å²) in [5, 5.41) is 2.97. The highest BCUT2D eigenvalue weighted by Crippen LogP contribution is 2.27. The van der Waals surface area contributed by atoms with Crippen LogP contribution in [-0.2, 0) is 11.2 Å². The molecule has 5 heteroatoms. The third-order valence-electron chi connectivity index (χ3n) is 3.95. The lowest BCUT2D eigenvalue weighted by atomic mass is 9.81. The van der Waals surface area contributed by atoms with Gasteiger partial charge in [0.2, 0.25) is 5.91 Å². The molecule has 0 aromatic heterocycles. The van der Waals surface area contributed by atoms with E-state index >= 15 is 0 Å². The summed E-state index contributed by atoms with van der Waals surface area (Å²) in [6.07, 6.45) is 1.79. The van der Waals surface area contributed by atoms with Gasteiger partial charge in [0, 0.05) is 6.04 Å². The Balaban J connectivity index is 2.72. The number of thiocarbonyl (C=S) groups is 1. The number of nitrogens with one attached hydrogen (secondary N) is 1. The van der Waals surface area contributed by atoms with Crippen LogP contribution in [0.25, 0.3) is 0 Å². The number of benzene rings is 1. The molecule has 21 heavy (non-hydrogen) atoms. The van der Waals surface area contributed by atoms with Crippen LogP contribution in [0.15, 0.2) is 24.3 Å². The van der Waals surface area contributed by atoms with Gasteiger partial charge in [0.25, 0.3) is 0 Å². The molecule has 0 saturated carbocycles. The van der Waals surface area contributed by atoms with Crippen LogP contribution >= 0.6 is 12.2 Å². The maximum Gasteiger partial charge on any atom is 0.233 e. The topological polar surface area (TPSA) is 55.1 Å². The van der Waals surface area contributed by atoms with Crippen LogP contribution in [0.2, 0.25) is 0 Å². The largest absolute Gasteiger partial charge is 0.392 e. The lowest BCUT2D eigenvalue weighted by molar-refractivity contribution is -0.128. The Morgan fingerprint density at radius 1 is 1.33 bits per heavy atom. The van der Waals surface area contributed by atoms with E-state index in [4.69, 9.17) is 18.0 Å². The number of nitrogens with two attached hydrogens (primary N) is 1. The van der Waals surface area contributed by atoms with Crippen molar-refractivity contribution < 1.29 is 9.18 Å². The minimum Gasteiger partial charge on any atom is -0.392 e. The van der Waals surface area contributed by atoms with Crippen molar-refractivity contribution in [3.05, 3.63) is 35.6 Å². The Morgan fingerprint density at radius 2 is 1.86 bits per heavy atom. The SMILES string of the molecule is CCC(CC)(C(=O)NC(C)Cc1ccc(F)cc1)C(N)=S. The van der Waals surface area contributed by atoms with Crippen LogP contribution in [0.3, 0.4) is 0 Å². The van der Waals surface area contributed by atoms with Gasteiger partial charge < -0.3 is 11.1 Å². The molecule has 0 saturated heterocycles. The maximum absolute atomic E-state index is 12.9. The molecule has 1 amide bonds. The first-order valence-electron chi connectivity index (χ1n) is 7.21. The second-order valence-corrected chi connectivity index (χ2v) is 5.80. The van der Waals surface area contributed by atoms with Gasteiger partial charge in [-0.15, -0.1) is 0 Å². The van der Waals surface area contributed by atoms with Gasteiger partial charge in [-0.2, -0.15) is 0 Å². The van der Waals surface area contributed by atoms with Crippen molar-refractivity contribution >= 4 is 23.1 Å². The molecule has 0 aliphatic rings. The molecular weight excluding hydrogens is 287 g/mol. The molecule has 116 valence electrons. The quantitative estimate of drug-likeness (QED) is 0.761. The van der Waals surface area contributed by atoms with Crippen molar-refractivity contribution in [3.8, 4) is 0 Å². The van der Waals surface area contributed by atoms with Gasteiger partial charge in [-0.25, -0.2) is 4.39 Å². The maximum atomic E-state index is 12.9. The Kier molecular flexibility index (Phi) is 6.27. The van der Waals surface area contributed by atoms with E-state index in [-0.39, 0.29) is 22.8 Å². The molecule has 0 heterocycles. The van der Waals surface area contributed by atoms with Crippen molar-refractivity contribution in [2.24, 2.45) is 11.1 Å². The summed E-state index contributed by atoms with van der Waals surface area (Å²) in [5.74, 6) is -0.394. The van der Waals surface area contributed by atoms with E-state index in [0.29, 0.717) is 19.3 Å². The number of halogens is 1. The van der Waals surface area contributed by atoms with Crippen LogP contribution in [0.1, 0.15) is 39.2 Å². The fraction of sp³-hybridized carbons (Fsp3) is 0.500. The van der Waals surface area contributed by atoms with Crippen molar-refractivity contribution in [2.45, 2.75) is 46.1 Å². The van der Waals surface area contributed by atoms with Gasteiger partial charge >= 0.3 is 0 Å². The number of carbonyl (C=O) groups excluding carboxylic acids is 1. The number of hydrogen-bond donors (Lipinski definition) is 2. The second-order valence-electron chi connectivity index (χ2n) is 5.36. The van der Waals surface area contributed by atoms with Gasteiger partial charge in [-0.05, 0) is 43.9 Å². The Hall–Kier alpha value is -1.49. The summed E-state index contributed by atoms with van der Waals surface area (Å²) in [5.41, 5.74) is 5.95. The number of rotatable bonds is 7. The smallest absolute Gasteiger partial charge is 0.233 e. The van der Waals surface area contributed by atoms with Crippen molar-refractivity contribution in [2.75, 3.05) is 0 Å². The van der Waals surface area contributed by atoms with E-state index in [2.05, 4.69) is 5.32 Å². The number of hydrogen-bond acceptors (Lipinski definition) is 2. The summed E-state index contributed by atoms with van der Waals surface area (Å²) in [6, 6.07) is 6.20. The predicted molar refractivity (Wildman–Crippen MR) is 87.5 cm³/mol. The van der Waals surface area contributed by atoms with Crippen LogP contribution < -0.4 is 11.1 Å². The summed E-state index contributed by atoms with van der Waals surface area (Å²) in [6.45, 7) is 5.73. The normalized spacial score (nSPS) is 12.8. The minimum absolute atomic E-state index is 0.0743. The van der Waals surface area contributed by atoms with E-state index in [9.17, 15) is 9.18 Å². The number of carbonyl (C=O) groups is 1. The average Bonchev–Trinajstić information content (AvgIpc) is 2.43. The highest BCUT2D eigenvalue weighted by atomic mass is 32.1. The lowest BCUT2D eigenvalue weighted by Gasteiger charge is -2.30. The van der Waals surface area contributed by atoms with Crippen LogP contribution in [0.5, 0.6) is 0 Å². The molecule has 1 unspecified atom stereocenters. The molecule has 0 aliphatic heterocycles. The van der Waals surface area contributed by atoms with Gasteiger partial charge in [-0.1, -0.05) is 38.2 Å². The van der Waals surface area contributed by atoms with Gasteiger partial charge in [-0.3, -0.25) is 4.79 Å². The molecule has 1 aromatic rings. The first-order valence-corrected chi connectivity index (χ1v) is 7.61. The fourth-order valence-electron chi connectivity index (χ4n) is 2.42. The van der Waals surface area contributed by atoms with Gasteiger partial charge in [0.1, 0.15) is 5.82 Å².